The van der Waals surface area contributed by atoms with Gasteiger partial charge in [-0.3, -0.25) is 4.68 Å². The lowest BCUT2D eigenvalue weighted by atomic mass is 9.63. The number of nitrogens with zero attached hydrogens (tertiary/aromatic N) is 9. The Morgan fingerprint density at radius 2 is 1.98 bits per heavy atom. The summed E-state index contributed by atoms with van der Waals surface area (Å²) in [5, 5.41) is 27.1. The van der Waals surface area contributed by atoms with Crippen LogP contribution in [0.1, 0.15) is 78.8 Å². The molecule has 0 aromatic carbocycles. The first-order chi connectivity index (χ1) is 21.8. The molecule has 1 saturated heterocycles. The van der Waals surface area contributed by atoms with Gasteiger partial charge in [0.15, 0.2) is 22.9 Å². The van der Waals surface area contributed by atoms with Crippen LogP contribution in [0, 0.1) is 11.3 Å². The molecule has 2 N–H and O–H groups in total. The van der Waals surface area contributed by atoms with Crippen LogP contribution < -0.4 is 5.73 Å². The highest BCUT2D eigenvalue weighted by Crippen LogP contribution is 2.55. The molecule has 0 saturated carbocycles. The first-order valence-corrected chi connectivity index (χ1v) is 17.7. The van der Waals surface area contributed by atoms with E-state index in [9.17, 15) is 5.26 Å². The molecule has 0 amide bonds. The van der Waals surface area contributed by atoms with Crippen LogP contribution in [-0.4, -0.2) is 65.5 Å². The Morgan fingerprint density at radius 1 is 1.16 bits per heavy atom. The van der Waals surface area contributed by atoms with E-state index >= 15 is 0 Å². The minimum atomic E-state index is -0.395. The van der Waals surface area contributed by atoms with Gasteiger partial charge >= 0.3 is 0 Å². The number of nitrogens with two attached hydrogens (primary N) is 1. The Hall–Kier alpha value is -3.73. The number of aryl methyl sites for hydroxylation is 2. The van der Waals surface area contributed by atoms with Gasteiger partial charge < -0.3 is 15.2 Å². The number of nitriles is 1. The van der Waals surface area contributed by atoms with Crippen LogP contribution in [0.15, 0.2) is 21.8 Å². The van der Waals surface area contributed by atoms with Crippen molar-refractivity contribution in [2.45, 2.75) is 80.8 Å². The summed E-state index contributed by atoms with van der Waals surface area (Å²) in [6.45, 7) is 3.32. The highest BCUT2D eigenvalue weighted by Gasteiger charge is 2.49. The van der Waals surface area contributed by atoms with Gasteiger partial charge in [0.05, 0.1) is 22.4 Å². The Morgan fingerprint density at radius 3 is 2.69 bits per heavy atom. The van der Waals surface area contributed by atoms with Crippen LogP contribution in [0.2, 0.25) is 0 Å². The number of thiophene rings is 1. The molecule has 6 heterocycles. The fourth-order valence-corrected chi connectivity index (χ4v) is 9.92. The van der Waals surface area contributed by atoms with Crippen LogP contribution >= 0.6 is 23.1 Å². The molecule has 232 valence electrons. The van der Waals surface area contributed by atoms with Gasteiger partial charge in [0.1, 0.15) is 27.5 Å². The molecule has 3 unspecified atom stereocenters. The number of likely N-dealkylation sites (N-methyl/N-ethyl adjacent to an activating group) is 1. The zero-order valence-corrected chi connectivity index (χ0v) is 27.6. The third-order valence-electron chi connectivity index (χ3n) is 10.3. The van der Waals surface area contributed by atoms with E-state index in [2.05, 4.69) is 29.6 Å². The largest absolute Gasteiger partial charge is 0.389 e. The van der Waals surface area contributed by atoms with Gasteiger partial charge in [0.2, 0.25) is 0 Å². The van der Waals surface area contributed by atoms with Crippen LogP contribution in [0.25, 0.3) is 33.9 Å². The van der Waals surface area contributed by atoms with E-state index in [1.165, 1.54) is 11.3 Å². The molecule has 3 atom stereocenters. The molecule has 13 heteroatoms. The number of rotatable bonds is 5. The Labute approximate surface area is 269 Å². The predicted molar refractivity (Wildman–Crippen MR) is 175 cm³/mol. The van der Waals surface area contributed by atoms with Crippen molar-refractivity contribution in [2.75, 3.05) is 25.6 Å². The highest BCUT2D eigenvalue weighted by molar-refractivity contribution is 7.98. The lowest BCUT2D eigenvalue weighted by molar-refractivity contribution is 0.232. The van der Waals surface area contributed by atoms with E-state index in [0.29, 0.717) is 28.1 Å². The second-order valence-electron chi connectivity index (χ2n) is 12.7. The monoisotopic (exact) mass is 640 g/mol. The highest BCUT2D eigenvalue weighted by atomic mass is 32.2. The van der Waals surface area contributed by atoms with E-state index in [0.717, 1.165) is 95.8 Å². The number of anilines is 1. The molecule has 2 aliphatic carbocycles. The first-order valence-electron chi connectivity index (χ1n) is 15.7. The lowest BCUT2D eigenvalue weighted by Crippen LogP contribution is -2.35. The molecule has 45 heavy (non-hydrogen) atoms. The summed E-state index contributed by atoms with van der Waals surface area (Å²) >= 11 is 3.14. The zero-order chi connectivity index (χ0) is 31.0. The average molecular weight is 641 g/mol. The SMILES string of the molecule is CSc1nc(-c2noc3c2CCCC32CCCc3sc(N)c(C#N)c32)nc2c1c(-c1ccn(C)n1)nn2C(C)C1CCCN1C. The van der Waals surface area contributed by atoms with Gasteiger partial charge in [-0.1, -0.05) is 5.16 Å². The summed E-state index contributed by atoms with van der Waals surface area (Å²) in [6.07, 6.45) is 11.8. The normalized spacial score (nSPS) is 22.2. The minimum absolute atomic E-state index is 0.0959. The number of hydrogen-bond donors (Lipinski definition) is 1. The number of fused-ring (bicyclic) bond motifs is 5. The maximum atomic E-state index is 10.1. The Balaban J connectivity index is 1.32. The second-order valence-corrected chi connectivity index (χ2v) is 14.7. The van der Waals surface area contributed by atoms with Crippen molar-refractivity contribution in [3.63, 3.8) is 0 Å². The summed E-state index contributed by atoms with van der Waals surface area (Å²) in [4.78, 5) is 14.0. The molecule has 0 bridgehead atoms. The van der Waals surface area contributed by atoms with Gasteiger partial charge in [-0.25, -0.2) is 14.6 Å². The molecule has 1 fully saturated rings. The third kappa shape index (κ3) is 4.22. The molecule has 5 aromatic rings. The zero-order valence-electron chi connectivity index (χ0n) is 26.0. The summed E-state index contributed by atoms with van der Waals surface area (Å²) in [6, 6.07) is 4.86. The van der Waals surface area contributed by atoms with E-state index in [1.54, 1.807) is 27.8 Å². The van der Waals surface area contributed by atoms with Crippen molar-refractivity contribution in [3.8, 4) is 29.0 Å². The van der Waals surface area contributed by atoms with Crippen LogP contribution in [-0.2, 0) is 25.3 Å². The molecule has 8 rings (SSSR count). The number of thioether (sulfide) groups is 1. The van der Waals surface area contributed by atoms with Gasteiger partial charge in [-0.05, 0) is 89.8 Å². The molecule has 3 aliphatic rings. The summed E-state index contributed by atoms with van der Waals surface area (Å²) in [5.74, 6) is 1.41. The Bertz CT molecular complexity index is 1990. The maximum Gasteiger partial charge on any atom is 0.185 e. The van der Waals surface area contributed by atoms with E-state index in [1.807, 2.05) is 25.6 Å². The fraction of sp³-hybridized carbons (Fsp3) is 0.500. The number of aromatic nitrogens is 7. The second kappa shape index (κ2) is 10.7. The van der Waals surface area contributed by atoms with Crippen LogP contribution in [0.5, 0.6) is 0 Å². The first kappa shape index (κ1) is 28.7. The quantitative estimate of drug-likeness (QED) is 0.187. The average Bonchev–Trinajstić information content (AvgIpc) is 3.86. The summed E-state index contributed by atoms with van der Waals surface area (Å²) < 4.78 is 10.2. The van der Waals surface area contributed by atoms with Crippen molar-refractivity contribution in [1.82, 2.24) is 39.6 Å². The number of nitrogen functional groups attached to an aromatic ring is 1. The number of likely N-dealkylation sites (tertiary alicyclic amines) is 1. The number of hydrogen-bond acceptors (Lipinski definition) is 11. The maximum absolute atomic E-state index is 10.1. The summed E-state index contributed by atoms with van der Waals surface area (Å²) in [5.41, 5.74) is 11.8. The molecule has 0 radical (unpaired) electrons. The fourth-order valence-electron chi connectivity index (χ4n) is 8.19. The van der Waals surface area contributed by atoms with Gasteiger partial charge in [-0.2, -0.15) is 15.5 Å². The standard InChI is InChI=1S/C32H36N10OS2/c1-17(21-9-7-14-40(21)2)42-30-23(26(38-42)20-11-15-41(3)37-20)31(44-4)36-29(35-30)25-18-8-5-12-32(27(18)43-39-25)13-6-10-22-24(32)19(16-33)28(34)45-22/h11,15,17,21H,5-10,12-14,34H2,1-4H3. The van der Waals surface area contributed by atoms with Crippen molar-refractivity contribution in [1.29, 1.82) is 5.26 Å². The van der Waals surface area contributed by atoms with Crippen molar-refractivity contribution < 1.29 is 4.52 Å². The molecule has 1 aliphatic heterocycles. The molecular formula is C32H36N10OS2. The molecule has 5 aromatic heterocycles. The van der Waals surface area contributed by atoms with Crippen molar-refractivity contribution in [3.05, 3.63) is 39.6 Å². The van der Waals surface area contributed by atoms with E-state index in [-0.39, 0.29) is 6.04 Å². The van der Waals surface area contributed by atoms with Crippen molar-refractivity contribution in [2.24, 2.45) is 7.05 Å². The Kier molecular flexibility index (Phi) is 6.81. The van der Waals surface area contributed by atoms with E-state index in [4.69, 9.17) is 35.6 Å². The molecular weight excluding hydrogens is 605 g/mol. The van der Waals surface area contributed by atoms with E-state index < -0.39 is 5.41 Å². The smallest absolute Gasteiger partial charge is 0.185 e. The predicted octanol–water partition coefficient (Wildman–Crippen LogP) is 5.73. The summed E-state index contributed by atoms with van der Waals surface area (Å²) in [7, 11) is 4.11. The van der Waals surface area contributed by atoms with Crippen molar-refractivity contribution >= 4 is 39.1 Å². The van der Waals surface area contributed by atoms with Gasteiger partial charge in [0, 0.05) is 29.7 Å². The van der Waals surface area contributed by atoms with Crippen LogP contribution in [0.3, 0.4) is 0 Å². The lowest BCUT2D eigenvalue weighted by Gasteiger charge is -2.39. The molecule has 1 spiro atoms. The van der Waals surface area contributed by atoms with Gasteiger partial charge in [-0.15, -0.1) is 23.1 Å². The van der Waals surface area contributed by atoms with Crippen LogP contribution in [0.4, 0.5) is 5.00 Å². The topological polar surface area (TPSA) is 140 Å². The van der Waals surface area contributed by atoms with Gasteiger partial charge in [0.25, 0.3) is 0 Å². The minimum Gasteiger partial charge on any atom is -0.389 e. The molecule has 11 nitrogen and oxygen atoms in total. The third-order valence-corrected chi connectivity index (χ3v) is 12.0.